The van der Waals surface area contributed by atoms with E-state index in [1.807, 2.05) is 27.7 Å². The average molecular weight is 471 g/mol. The third kappa shape index (κ3) is 8.89. The zero-order valence-corrected chi connectivity index (χ0v) is 19.9. The van der Waals surface area contributed by atoms with Crippen LogP contribution >= 0.6 is 0 Å². The van der Waals surface area contributed by atoms with Gasteiger partial charge in [-0.25, -0.2) is 14.4 Å². The molecular formula is C24H30N4O6. The van der Waals surface area contributed by atoms with Crippen molar-refractivity contribution in [2.45, 2.75) is 34.6 Å². The van der Waals surface area contributed by atoms with Gasteiger partial charge in [0.05, 0.1) is 13.2 Å². The number of nitrogens with zero attached hydrogens (tertiary/aromatic N) is 1. The van der Waals surface area contributed by atoms with Crippen LogP contribution in [-0.4, -0.2) is 41.2 Å². The van der Waals surface area contributed by atoms with Crippen LogP contribution in [0.4, 0.5) is 16.4 Å². The number of nitrogens with one attached hydrogen (secondary N) is 3. The number of anilines is 2. The molecule has 0 bridgehead atoms. The Kier molecular flexibility index (Phi) is 9.54. The van der Waals surface area contributed by atoms with Gasteiger partial charge in [-0.3, -0.25) is 10.1 Å². The lowest BCUT2D eigenvalue weighted by Gasteiger charge is -2.12. The minimum atomic E-state index is -0.760. The van der Waals surface area contributed by atoms with E-state index in [0.29, 0.717) is 16.9 Å². The molecule has 0 spiro atoms. The Labute approximate surface area is 197 Å². The van der Waals surface area contributed by atoms with E-state index in [1.165, 1.54) is 12.1 Å². The first-order valence-corrected chi connectivity index (χ1v) is 10.9. The Balaban J connectivity index is 2.12. The second kappa shape index (κ2) is 12.3. The molecule has 0 aliphatic heterocycles. The summed E-state index contributed by atoms with van der Waals surface area (Å²) in [5.74, 6) is -1.28. The van der Waals surface area contributed by atoms with Gasteiger partial charge in [0.2, 0.25) is 5.95 Å². The molecule has 1 heterocycles. The van der Waals surface area contributed by atoms with E-state index in [0.717, 1.165) is 0 Å². The molecule has 3 N–H and O–H groups in total. The Morgan fingerprint density at radius 2 is 1.53 bits per heavy atom. The molecule has 2 aromatic rings. The second-order valence-electron chi connectivity index (χ2n) is 8.49. The summed E-state index contributed by atoms with van der Waals surface area (Å²) >= 11 is 0. The number of aromatic amines is 1. The molecule has 0 unspecified atom stereocenters. The predicted octanol–water partition coefficient (Wildman–Crippen LogP) is 3.50. The fourth-order valence-electron chi connectivity index (χ4n) is 2.58. The molecular weight excluding hydrogens is 440 g/mol. The molecule has 0 atom stereocenters. The van der Waals surface area contributed by atoms with E-state index in [2.05, 4.69) is 20.6 Å². The third-order valence-corrected chi connectivity index (χ3v) is 4.12. The molecule has 0 saturated heterocycles. The lowest BCUT2D eigenvalue weighted by Crippen LogP contribution is -2.23. The van der Waals surface area contributed by atoms with Gasteiger partial charge in [-0.2, -0.15) is 4.98 Å². The number of hydrogen-bond donors (Lipinski definition) is 3. The average Bonchev–Trinajstić information content (AvgIpc) is 2.74. The maximum Gasteiger partial charge on any atom is 0.345 e. The lowest BCUT2D eigenvalue weighted by molar-refractivity contribution is -0.148. The molecule has 0 saturated carbocycles. The van der Waals surface area contributed by atoms with Gasteiger partial charge in [0.15, 0.2) is 0 Å². The van der Waals surface area contributed by atoms with E-state index in [1.54, 1.807) is 31.2 Å². The zero-order valence-electron chi connectivity index (χ0n) is 19.9. The van der Waals surface area contributed by atoms with Crippen LogP contribution in [0.3, 0.4) is 0 Å². The van der Waals surface area contributed by atoms with E-state index in [4.69, 9.17) is 9.47 Å². The van der Waals surface area contributed by atoms with E-state index < -0.39 is 23.5 Å². The quantitative estimate of drug-likeness (QED) is 0.220. The minimum Gasteiger partial charge on any atom is -0.462 e. The number of aromatic nitrogens is 2. The molecule has 0 aliphatic rings. The highest BCUT2D eigenvalue weighted by Gasteiger charge is 2.22. The predicted molar refractivity (Wildman–Crippen MR) is 128 cm³/mol. The number of aryl methyl sites for hydroxylation is 1. The summed E-state index contributed by atoms with van der Waals surface area (Å²) in [5, 5.41) is 5.05. The molecule has 1 aromatic carbocycles. The van der Waals surface area contributed by atoms with Crippen LogP contribution in [0, 0.1) is 18.8 Å². The van der Waals surface area contributed by atoms with Crippen LogP contribution < -0.4 is 16.2 Å². The summed E-state index contributed by atoms with van der Waals surface area (Å²) < 4.78 is 10.4. The molecule has 1 aromatic heterocycles. The smallest absolute Gasteiger partial charge is 0.345 e. The van der Waals surface area contributed by atoms with Crippen molar-refractivity contribution < 1.29 is 23.9 Å². The highest BCUT2D eigenvalue weighted by molar-refractivity contribution is 6.17. The molecule has 0 fully saturated rings. The molecule has 0 aliphatic carbocycles. The van der Waals surface area contributed by atoms with Crippen LogP contribution in [0.15, 0.2) is 40.7 Å². The number of carbonyl (C=O) groups excluding carboxylic acids is 3. The largest absolute Gasteiger partial charge is 0.462 e. The topological polar surface area (TPSA) is 139 Å². The number of ether oxygens (including phenoxy) is 2. The molecule has 2 amide bonds. The van der Waals surface area contributed by atoms with Crippen molar-refractivity contribution in [3.63, 3.8) is 0 Å². The fourth-order valence-corrected chi connectivity index (χ4v) is 2.58. The van der Waals surface area contributed by atoms with Gasteiger partial charge in [0, 0.05) is 17.4 Å². The van der Waals surface area contributed by atoms with Crippen LogP contribution in [-0.2, 0) is 19.1 Å². The summed E-state index contributed by atoms with van der Waals surface area (Å²) in [5.41, 5.74) is 0.845. The summed E-state index contributed by atoms with van der Waals surface area (Å²) in [4.78, 5) is 55.0. The van der Waals surface area contributed by atoms with Crippen molar-refractivity contribution in [2.75, 3.05) is 23.8 Å². The second-order valence-corrected chi connectivity index (χ2v) is 8.49. The Morgan fingerprint density at radius 1 is 0.971 bits per heavy atom. The van der Waals surface area contributed by atoms with Crippen LogP contribution in [0.25, 0.3) is 6.08 Å². The van der Waals surface area contributed by atoms with Gasteiger partial charge < -0.3 is 19.8 Å². The lowest BCUT2D eigenvalue weighted by atomic mass is 10.1. The van der Waals surface area contributed by atoms with Gasteiger partial charge in [-0.05, 0) is 42.5 Å². The standard InChI is InChI=1S/C24H30N4O6/c1-14(2)12-33-21(30)19(22(31)34-13-15(3)4)11-17-6-8-18(9-7-17)26-24(32)28-23-25-16(5)10-20(29)27-23/h6-11,14-15H,12-13H2,1-5H3,(H3,25,26,27,28,29,32). The number of urea groups is 1. The summed E-state index contributed by atoms with van der Waals surface area (Å²) in [6.07, 6.45) is 1.39. The van der Waals surface area contributed by atoms with Gasteiger partial charge in [0.1, 0.15) is 5.57 Å². The van der Waals surface area contributed by atoms with Crippen LogP contribution in [0.5, 0.6) is 0 Å². The Bertz CT molecular complexity index is 1080. The van der Waals surface area contributed by atoms with E-state index in [-0.39, 0.29) is 36.6 Å². The fraction of sp³-hybridized carbons (Fsp3) is 0.375. The highest BCUT2D eigenvalue weighted by atomic mass is 16.6. The maximum atomic E-state index is 12.5. The van der Waals surface area contributed by atoms with Crippen molar-refractivity contribution in [1.29, 1.82) is 0 Å². The van der Waals surface area contributed by atoms with Gasteiger partial charge >= 0.3 is 18.0 Å². The van der Waals surface area contributed by atoms with Gasteiger partial charge in [0.25, 0.3) is 5.56 Å². The van der Waals surface area contributed by atoms with Crippen LogP contribution in [0.2, 0.25) is 0 Å². The van der Waals surface area contributed by atoms with Crippen LogP contribution in [0.1, 0.15) is 39.0 Å². The summed E-state index contributed by atoms with van der Waals surface area (Å²) in [6, 6.07) is 7.12. The van der Waals surface area contributed by atoms with E-state index >= 15 is 0 Å². The molecule has 10 nitrogen and oxygen atoms in total. The van der Waals surface area contributed by atoms with Crippen molar-refractivity contribution in [2.24, 2.45) is 11.8 Å². The normalized spacial score (nSPS) is 10.6. The van der Waals surface area contributed by atoms with Crippen molar-refractivity contribution in [3.05, 3.63) is 57.5 Å². The first-order chi connectivity index (χ1) is 16.0. The number of benzene rings is 1. The molecule has 10 heteroatoms. The van der Waals surface area contributed by atoms with Gasteiger partial charge in [-0.15, -0.1) is 0 Å². The summed E-state index contributed by atoms with van der Waals surface area (Å²) in [7, 11) is 0. The zero-order chi connectivity index (χ0) is 25.3. The monoisotopic (exact) mass is 470 g/mol. The number of hydrogen-bond acceptors (Lipinski definition) is 7. The number of H-pyrrole nitrogens is 1. The number of rotatable bonds is 9. The van der Waals surface area contributed by atoms with E-state index in [9.17, 15) is 19.2 Å². The number of esters is 2. The molecule has 0 radical (unpaired) electrons. The number of carbonyl (C=O) groups is 3. The van der Waals surface area contributed by atoms with Crippen molar-refractivity contribution in [1.82, 2.24) is 9.97 Å². The first kappa shape index (κ1) is 26.3. The molecule has 2 rings (SSSR count). The Morgan fingerprint density at radius 3 is 2.03 bits per heavy atom. The highest BCUT2D eigenvalue weighted by Crippen LogP contribution is 2.15. The number of amides is 2. The summed E-state index contributed by atoms with van der Waals surface area (Å²) in [6.45, 7) is 9.58. The third-order valence-electron chi connectivity index (χ3n) is 4.12. The Hall–Kier alpha value is -3.95. The minimum absolute atomic E-state index is 0.0199. The van der Waals surface area contributed by atoms with Crippen molar-refractivity contribution >= 4 is 35.7 Å². The maximum absolute atomic E-state index is 12.5. The van der Waals surface area contributed by atoms with Crippen molar-refractivity contribution in [3.8, 4) is 0 Å². The SMILES string of the molecule is Cc1cc(=O)nc(NC(=O)Nc2ccc(C=C(C(=O)OCC(C)C)C(=O)OCC(C)C)cc2)[nH]1. The first-order valence-electron chi connectivity index (χ1n) is 10.9. The molecule has 34 heavy (non-hydrogen) atoms. The van der Waals surface area contributed by atoms with Gasteiger partial charge in [-0.1, -0.05) is 39.8 Å². The molecule has 182 valence electrons.